The fourth-order valence-electron chi connectivity index (χ4n) is 2.80. The number of nitrogens with zero attached hydrogens (tertiary/aromatic N) is 3. The summed E-state index contributed by atoms with van der Waals surface area (Å²) in [5, 5.41) is 4.14. The standard InChI is InChI=1S/C20H25N3O4/c1-3-4-9-27-17-7-5-16(6-8-17)10-18(23-14-21-13-22-23)19(24)20(2)11-25-15-26-12-20/h5-8,10,13-14H,3-4,9,11-12,15H2,1-2H3. The number of ketones is 1. The minimum atomic E-state index is -0.765. The van der Waals surface area contributed by atoms with Crippen LogP contribution in [-0.2, 0) is 14.3 Å². The van der Waals surface area contributed by atoms with Crippen molar-refractivity contribution in [2.75, 3.05) is 26.6 Å². The molecular weight excluding hydrogens is 346 g/mol. The van der Waals surface area contributed by atoms with E-state index in [1.807, 2.05) is 31.2 Å². The molecule has 2 heterocycles. The van der Waals surface area contributed by atoms with Gasteiger partial charge in [-0.1, -0.05) is 25.5 Å². The first kappa shape index (κ1) is 19.3. The van der Waals surface area contributed by atoms with Crippen LogP contribution in [-0.4, -0.2) is 47.2 Å². The van der Waals surface area contributed by atoms with Crippen molar-refractivity contribution < 1.29 is 19.0 Å². The van der Waals surface area contributed by atoms with Crippen LogP contribution in [0.25, 0.3) is 11.8 Å². The number of allylic oxidation sites excluding steroid dienone is 1. The minimum absolute atomic E-state index is 0.101. The van der Waals surface area contributed by atoms with Crippen LogP contribution in [0.2, 0.25) is 0 Å². The topological polar surface area (TPSA) is 75.5 Å². The molecule has 0 unspecified atom stereocenters. The molecule has 0 aliphatic carbocycles. The van der Waals surface area contributed by atoms with Crippen molar-refractivity contribution >= 4 is 17.6 Å². The molecule has 1 fully saturated rings. The highest BCUT2D eigenvalue weighted by atomic mass is 16.7. The van der Waals surface area contributed by atoms with Crippen molar-refractivity contribution in [2.24, 2.45) is 5.41 Å². The fraction of sp³-hybridized carbons (Fsp3) is 0.450. The lowest BCUT2D eigenvalue weighted by atomic mass is 9.85. The number of aromatic nitrogens is 3. The minimum Gasteiger partial charge on any atom is -0.494 e. The van der Waals surface area contributed by atoms with Crippen LogP contribution < -0.4 is 4.74 Å². The van der Waals surface area contributed by atoms with Gasteiger partial charge in [-0.05, 0) is 37.1 Å². The van der Waals surface area contributed by atoms with E-state index in [-0.39, 0.29) is 12.6 Å². The molecule has 0 atom stereocenters. The lowest BCUT2D eigenvalue weighted by Gasteiger charge is -2.32. The van der Waals surface area contributed by atoms with Gasteiger partial charge in [0.15, 0.2) is 5.78 Å². The first-order valence-electron chi connectivity index (χ1n) is 9.12. The van der Waals surface area contributed by atoms with E-state index in [4.69, 9.17) is 14.2 Å². The number of hydrogen-bond acceptors (Lipinski definition) is 6. The maximum absolute atomic E-state index is 13.2. The average molecular weight is 371 g/mol. The first-order chi connectivity index (χ1) is 13.1. The normalized spacial score (nSPS) is 16.9. The van der Waals surface area contributed by atoms with Crippen LogP contribution >= 0.6 is 0 Å². The van der Waals surface area contributed by atoms with Crippen LogP contribution in [0.15, 0.2) is 36.9 Å². The number of rotatable bonds is 8. The summed E-state index contributed by atoms with van der Waals surface area (Å²) in [4.78, 5) is 17.2. The van der Waals surface area contributed by atoms with Gasteiger partial charge in [-0.2, -0.15) is 5.10 Å². The third-order valence-electron chi connectivity index (χ3n) is 4.40. The number of carbonyl (C=O) groups excluding carboxylic acids is 1. The summed E-state index contributed by atoms with van der Waals surface area (Å²) in [5.41, 5.74) is 0.529. The molecule has 0 bridgehead atoms. The molecule has 0 saturated carbocycles. The van der Waals surface area contributed by atoms with Gasteiger partial charge in [0.1, 0.15) is 30.9 Å². The van der Waals surface area contributed by atoms with Crippen LogP contribution in [0.3, 0.4) is 0 Å². The molecule has 144 valence electrons. The molecule has 1 aliphatic rings. The van der Waals surface area contributed by atoms with E-state index in [9.17, 15) is 4.79 Å². The Kier molecular flexibility index (Phi) is 6.36. The largest absolute Gasteiger partial charge is 0.494 e. The number of ether oxygens (including phenoxy) is 3. The monoisotopic (exact) mass is 371 g/mol. The van der Waals surface area contributed by atoms with Crippen molar-refractivity contribution in [3.05, 3.63) is 42.5 Å². The molecule has 7 heteroatoms. The molecular formula is C20H25N3O4. The van der Waals surface area contributed by atoms with Gasteiger partial charge >= 0.3 is 0 Å². The summed E-state index contributed by atoms with van der Waals surface area (Å²) in [6.45, 7) is 5.49. The van der Waals surface area contributed by atoms with Gasteiger partial charge in [-0.15, -0.1) is 0 Å². The van der Waals surface area contributed by atoms with E-state index in [1.54, 1.807) is 6.08 Å². The molecule has 1 aromatic heterocycles. The first-order valence-corrected chi connectivity index (χ1v) is 9.12. The highest BCUT2D eigenvalue weighted by molar-refractivity contribution is 6.22. The molecule has 0 N–H and O–H groups in total. The van der Waals surface area contributed by atoms with Gasteiger partial charge in [0.25, 0.3) is 0 Å². The van der Waals surface area contributed by atoms with Gasteiger partial charge in [-0.25, -0.2) is 9.67 Å². The third-order valence-corrected chi connectivity index (χ3v) is 4.40. The van der Waals surface area contributed by atoms with Crippen LogP contribution in [0.4, 0.5) is 0 Å². The van der Waals surface area contributed by atoms with Crippen molar-refractivity contribution in [1.29, 1.82) is 0 Å². The average Bonchev–Trinajstić information content (AvgIpc) is 3.22. The molecule has 1 saturated heterocycles. The summed E-state index contributed by atoms with van der Waals surface area (Å²) in [6, 6.07) is 7.64. The van der Waals surface area contributed by atoms with Gasteiger partial charge in [-0.3, -0.25) is 4.79 Å². The van der Waals surface area contributed by atoms with Gasteiger partial charge in [0, 0.05) is 0 Å². The number of unbranched alkanes of at least 4 members (excludes halogenated alkanes) is 1. The lowest BCUT2D eigenvalue weighted by molar-refractivity contribution is -0.168. The zero-order valence-corrected chi connectivity index (χ0v) is 15.8. The molecule has 1 aromatic carbocycles. The Balaban J connectivity index is 1.84. The summed E-state index contributed by atoms with van der Waals surface area (Å²) in [5.74, 6) is 0.714. The second kappa shape index (κ2) is 8.92. The molecule has 0 radical (unpaired) electrons. The highest BCUT2D eigenvalue weighted by Crippen LogP contribution is 2.29. The summed E-state index contributed by atoms with van der Waals surface area (Å²) in [6.07, 6.45) is 6.83. The zero-order valence-electron chi connectivity index (χ0n) is 15.8. The third kappa shape index (κ3) is 4.81. The van der Waals surface area contributed by atoms with Gasteiger partial charge in [0.2, 0.25) is 0 Å². The predicted molar refractivity (Wildman–Crippen MR) is 101 cm³/mol. The number of hydrogen-bond donors (Lipinski definition) is 0. The van der Waals surface area contributed by atoms with Gasteiger partial charge in [0.05, 0.1) is 25.2 Å². The molecule has 1 aliphatic heterocycles. The Morgan fingerprint density at radius 2 is 2.04 bits per heavy atom. The van der Waals surface area contributed by atoms with Crippen LogP contribution in [0.1, 0.15) is 32.3 Å². The smallest absolute Gasteiger partial charge is 0.191 e. The van der Waals surface area contributed by atoms with E-state index in [1.165, 1.54) is 17.3 Å². The summed E-state index contributed by atoms with van der Waals surface area (Å²) in [7, 11) is 0. The van der Waals surface area contributed by atoms with E-state index in [0.717, 1.165) is 24.2 Å². The number of benzene rings is 1. The molecule has 0 amide bonds. The number of carbonyl (C=O) groups is 1. The predicted octanol–water partition coefficient (Wildman–Crippen LogP) is 3.03. The van der Waals surface area contributed by atoms with Crippen LogP contribution in [0, 0.1) is 5.41 Å². The fourth-order valence-corrected chi connectivity index (χ4v) is 2.80. The Labute approximate surface area is 159 Å². The Hall–Kier alpha value is -2.51. The van der Waals surface area contributed by atoms with E-state index < -0.39 is 5.41 Å². The van der Waals surface area contributed by atoms with E-state index >= 15 is 0 Å². The van der Waals surface area contributed by atoms with Crippen molar-refractivity contribution in [3.63, 3.8) is 0 Å². The van der Waals surface area contributed by atoms with E-state index in [0.29, 0.717) is 25.5 Å². The molecule has 3 rings (SSSR count). The molecule has 2 aromatic rings. The molecule has 27 heavy (non-hydrogen) atoms. The van der Waals surface area contributed by atoms with Crippen molar-refractivity contribution in [1.82, 2.24) is 14.8 Å². The SMILES string of the molecule is CCCCOc1ccc(C=C(C(=O)C2(C)COCOC2)n2cncn2)cc1. The highest BCUT2D eigenvalue weighted by Gasteiger charge is 2.39. The Bertz CT molecular complexity index is 763. The van der Waals surface area contributed by atoms with Crippen LogP contribution in [0.5, 0.6) is 5.75 Å². The second-order valence-electron chi connectivity index (χ2n) is 6.85. The summed E-state index contributed by atoms with van der Waals surface area (Å²) < 4.78 is 17.9. The quantitative estimate of drug-likeness (QED) is 0.524. The molecule has 0 spiro atoms. The Morgan fingerprint density at radius 1 is 1.30 bits per heavy atom. The summed E-state index contributed by atoms with van der Waals surface area (Å²) >= 11 is 0. The van der Waals surface area contributed by atoms with Gasteiger partial charge < -0.3 is 14.2 Å². The number of Topliss-reactive ketones (excluding diaryl/α,β-unsaturated/α-hetero) is 1. The molecule has 7 nitrogen and oxygen atoms in total. The zero-order chi connectivity index (χ0) is 19.1. The second-order valence-corrected chi connectivity index (χ2v) is 6.85. The lowest BCUT2D eigenvalue weighted by Crippen LogP contribution is -2.42. The maximum Gasteiger partial charge on any atom is 0.191 e. The van der Waals surface area contributed by atoms with Crippen molar-refractivity contribution in [2.45, 2.75) is 26.7 Å². The Morgan fingerprint density at radius 3 is 2.67 bits per heavy atom. The van der Waals surface area contributed by atoms with Crippen molar-refractivity contribution in [3.8, 4) is 5.75 Å². The maximum atomic E-state index is 13.2. The van der Waals surface area contributed by atoms with E-state index in [2.05, 4.69) is 17.0 Å².